The van der Waals surface area contributed by atoms with Crippen molar-refractivity contribution >= 4 is 82.0 Å². The van der Waals surface area contributed by atoms with Crippen molar-refractivity contribution in [2.45, 2.75) is 102 Å². The Balaban J connectivity index is 0.911. The fourth-order valence-corrected chi connectivity index (χ4v) is 17.0. The number of hydrogen-bond acceptors (Lipinski definition) is 7. The van der Waals surface area contributed by atoms with Crippen molar-refractivity contribution in [2.75, 3.05) is 51.6 Å². The molecule has 1 spiro atoms. The highest BCUT2D eigenvalue weighted by atomic mass is 32.2. The number of likely N-dealkylation sites (N-methyl/N-ethyl adjacent to an activating group) is 1. The first-order chi connectivity index (χ1) is 32.9. The number of amides is 2. The molecule has 9 rings (SSSR count). The minimum absolute atomic E-state index is 0.0716. The molecule has 4 aromatic carbocycles. The molecular weight excluding hydrogens is 905 g/mol. The Hall–Kier alpha value is -5.72. The number of nitro benzene ring substituents is 1. The van der Waals surface area contributed by atoms with E-state index in [4.69, 9.17) is 0 Å². The maximum atomic E-state index is 14.4. The summed E-state index contributed by atoms with van der Waals surface area (Å²) >= 11 is 1.72. The molecule has 2 N–H and O–H groups in total. The molecule has 5 aliphatic rings. The Kier molecular flexibility index (Phi) is 12.6. The maximum Gasteiger partial charge on any atom is 0.277 e. The van der Waals surface area contributed by atoms with Crippen molar-refractivity contribution in [3.63, 3.8) is 0 Å². The summed E-state index contributed by atoms with van der Waals surface area (Å²) in [5.74, 6) is 0.433. The Bertz CT molecular complexity index is 3020. The average Bonchev–Trinajstić information content (AvgIpc) is 3.46. The molecule has 3 aliphatic heterocycles. The number of nitro groups is 1. The molecule has 0 bridgehead atoms. The van der Waals surface area contributed by atoms with Crippen molar-refractivity contribution in [1.29, 1.82) is 0 Å². The van der Waals surface area contributed by atoms with Crippen molar-refractivity contribution in [3.8, 4) is 0 Å². The first-order valence-electron chi connectivity index (χ1n) is 25.0. The lowest BCUT2D eigenvalue weighted by atomic mass is 9.68. The van der Waals surface area contributed by atoms with E-state index in [0.717, 1.165) is 46.4 Å². The molecule has 2 aliphatic carbocycles. The Morgan fingerprint density at radius 3 is 2.39 bits per heavy atom. The van der Waals surface area contributed by atoms with Crippen molar-refractivity contribution in [1.82, 2.24) is 10.6 Å². The van der Waals surface area contributed by atoms with Crippen LogP contribution in [0.1, 0.15) is 94.3 Å². The summed E-state index contributed by atoms with van der Waals surface area (Å²) in [6.45, 7) is 18.6. The summed E-state index contributed by atoms with van der Waals surface area (Å²) in [4.78, 5) is 45.3. The van der Waals surface area contributed by atoms with Gasteiger partial charge in [-0.3, -0.25) is 19.7 Å². The predicted octanol–water partition coefficient (Wildman–Crippen LogP) is 10.9. The van der Waals surface area contributed by atoms with Gasteiger partial charge in [0.2, 0.25) is 5.91 Å². The van der Waals surface area contributed by atoms with Crippen LogP contribution in [-0.4, -0.2) is 87.8 Å². The van der Waals surface area contributed by atoms with Crippen LogP contribution < -0.4 is 25.6 Å². The highest BCUT2D eigenvalue weighted by Crippen LogP contribution is 2.62. The molecule has 0 radical (unpaired) electrons. The number of nitrogens with zero attached hydrogens (tertiary/aromatic N) is 4. The van der Waals surface area contributed by atoms with E-state index in [2.05, 4.69) is 157 Å². The lowest BCUT2D eigenvalue weighted by molar-refractivity contribution is -0.462. The standard InChI is InChI=1S/C58H70N6O4SSi/c1-35-28-37(18-22-42(35)52-45-23-20-40(61(7)8)31-50(45)70(12,13)51-32-41(62(9)10)21-24-46(51)52)54(65)59-34-39(33-56(2,3)4)60-55(66)38-19-25-48-47(29-38)57(5,6)58(63(48)11)27-26-36-30-49(64(67)68)43-16-14-15-17-44(43)53(36)69-58/h14-17,19-21,23-27,29-32,35,37,39,42H,18,22,28,33-34H2,1-13H3,(H-,59,60,65,66)/p+1/t35-,37?,39?,42?,58?/m0/s1. The molecule has 2 amide bonds. The summed E-state index contributed by atoms with van der Waals surface area (Å²) < 4.78 is 2.21. The third-order valence-corrected chi connectivity index (χ3v) is 21.6. The van der Waals surface area contributed by atoms with Crippen LogP contribution in [0.4, 0.5) is 17.1 Å². The second-order valence-corrected chi connectivity index (χ2v) is 28.8. The number of thioether (sulfide) groups is 1. The van der Waals surface area contributed by atoms with Crippen LogP contribution in [0.15, 0.2) is 107 Å². The largest absolute Gasteiger partial charge is 0.378 e. The van der Waals surface area contributed by atoms with Gasteiger partial charge in [-0.15, -0.1) is 0 Å². The van der Waals surface area contributed by atoms with Crippen LogP contribution in [0.5, 0.6) is 0 Å². The first-order valence-corrected chi connectivity index (χ1v) is 28.8. The van der Waals surface area contributed by atoms with Gasteiger partial charge in [-0.25, -0.2) is 4.58 Å². The summed E-state index contributed by atoms with van der Waals surface area (Å²) in [6, 6.07) is 22.1. The molecule has 3 heterocycles. The second-order valence-electron chi connectivity index (χ2n) is 23.2. The molecule has 366 valence electrons. The lowest BCUT2D eigenvalue weighted by Crippen LogP contribution is -2.50. The van der Waals surface area contributed by atoms with Gasteiger partial charge in [0.15, 0.2) is 5.71 Å². The van der Waals surface area contributed by atoms with Crippen LogP contribution in [-0.2, 0) is 10.2 Å². The third kappa shape index (κ3) is 8.36. The van der Waals surface area contributed by atoms with Gasteiger partial charge in [-0.05, 0) is 130 Å². The van der Waals surface area contributed by atoms with E-state index in [1.807, 2.05) is 48.5 Å². The van der Waals surface area contributed by atoms with Gasteiger partial charge in [0.1, 0.15) is 27.0 Å². The molecule has 4 unspecified atom stereocenters. The van der Waals surface area contributed by atoms with E-state index < -0.39 is 18.4 Å². The molecule has 1 fully saturated rings. The van der Waals surface area contributed by atoms with Crippen LogP contribution in [0.25, 0.3) is 22.4 Å². The first kappa shape index (κ1) is 49.3. The van der Waals surface area contributed by atoms with E-state index in [1.54, 1.807) is 17.8 Å². The molecule has 12 heteroatoms. The monoisotopic (exact) mass is 976 g/mol. The highest BCUT2D eigenvalue weighted by Gasteiger charge is 2.56. The predicted molar refractivity (Wildman–Crippen MR) is 294 cm³/mol. The van der Waals surface area contributed by atoms with Crippen molar-refractivity contribution < 1.29 is 19.1 Å². The molecule has 10 nitrogen and oxygen atoms in total. The summed E-state index contributed by atoms with van der Waals surface area (Å²) in [5.41, 5.74) is 9.74. The van der Waals surface area contributed by atoms with Gasteiger partial charge in [0.25, 0.3) is 11.6 Å². The van der Waals surface area contributed by atoms with Gasteiger partial charge in [0, 0.05) is 90.5 Å². The Labute approximate surface area is 420 Å². The number of hydrogen-bond donors (Lipinski definition) is 2. The smallest absolute Gasteiger partial charge is 0.277 e. The van der Waals surface area contributed by atoms with Crippen LogP contribution >= 0.6 is 11.8 Å². The van der Waals surface area contributed by atoms with E-state index in [1.165, 1.54) is 38.5 Å². The molecular formula is C58H71N6O4SSi+. The van der Waals surface area contributed by atoms with Gasteiger partial charge in [-0.2, -0.15) is 0 Å². The third-order valence-electron chi connectivity index (χ3n) is 16.2. The number of nitrogens with one attached hydrogen (secondary N) is 2. The lowest BCUT2D eigenvalue weighted by Gasteiger charge is -2.45. The van der Waals surface area contributed by atoms with Gasteiger partial charge < -0.3 is 20.4 Å². The number of allylic oxidation sites excluding steroid dienone is 6. The molecule has 0 aromatic heterocycles. The van der Waals surface area contributed by atoms with Crippen LogP contribution in [0, 0.1) is 33.3 Å². The number of rotatable bonds is 9. The molecule has 1 saturated carbocycles. The van der Waals surface area contributed by atoms with Crippen LogP contribution in [0.2, 0.25) is 13.1 Å². The summed E-state index contributed by atoms with van der Waals surface area (Å²) in [5, 5.41) is 23.3. The number of carbonyl (C=O) groups excluding carboxylic acids is 2. The zero-order valence-electron chi connectivity index (χ0n) is 43.4. The molecule has 70 heavy (non-hydrogen) atoms. The van der Waals surface area contributed by atoms with Gasteiger partial charge in [0.05, 0.1) is 10.3 Å². The second kappa shape index (κ2) is 17.8. The number of fused-ring (bicyclic) bond motifs is 6. The van der Waals surface area contributed by atoms with Crippen molar-refractivity contribution in [3.05, 3.63) is 134 Å². The fraction of sp³-hybridized carbons (Fsp3) is 0.431. The van der Waals surface area contributed by atoms with E-state index in [9.17, 15) is 19.7 Å². The van der Waals surface area contributed by atoms with E-state index in [-0.39, 0.29) is 39.8 Å². The topological polar surface area (TPSA) is 111 Å². The van der Waals surface area contributed by atoms with Crippen LogP contribution in [0.3, 0.4) is 0 Å². The number of anilines is 2. The molecule has 0 saturated heterocycles. The molecule has 4 aromatic rings. The van der Waals surface area contributed by atoms with E-state index >= 15 is 0 Å². The van der Waals surface area contributed by atoms with E-state index in [0.29, 0.717) is 35.8 Å². The number of non-ortho nitro benzene ring substituents is 1. The number of benzene rings is 4. The Morgan fingerprint density at radius 1 is 0.986 bits per heavy atom. The zero-order valence-corrected chi connectivity index (χ0v) is 45.2. The highest BCUT2D eigenvalue weighted by molar-refractivity contribution is 8.01. The quantitative estimate of drug-likeness (QED) is 0.0744. The SMILES string of the molecule is C[C@H]1CC(C(=O)NCC(CC(C)(C)C)NC(=O)c2ccc3c(c2)C(C)(C)C2(C=Cc4cc([N+](=O)[O-])c5ccccc5c4S2)N3C)CCC1C1=C2C=CC(=[N+](C)C)C=C2[Si](C)(C)c2cc(N(C)C)ccc21. The minimum Gasteiger partial charge on any atom is -0.378 e. The summed E-state index contributed by atoms with van der Waals surface area (Å²) in [7, 11) is 8.52. The number of carbonyl (C=O) groups is 2. The molecule has 5 atom stereocenters. The Morgan fingerprint density at radius 2 is 1.71 bits per heavy atom. The minimum atomic E-state index is -2.05. The average molecular weight is 976 g/mol. The maximum absolute atomic E-state index is 14.4. The van der Waals surface area contributed by atoms with Gasteiger partial charge in [-0.1, -0.05) is 96.7 Å². The summed E-state index contributed by atoms with van der Waals surface area (Å²) in [6.07, 6.45) is 14.5. The van der Waals surface area contributed by atoms with Gasteiger partial charge >= 0.3 is 0 Å². The van der Waals surface area contributed by atoms with Crippen molar-refractivity contribution in [2.24, 2.45) is 23.2 Å². The normalized spacial score (nSPS) is 23.3. The zero-order chi connectivity index (χ0) is 50.4. The fourth-order valence-electron chi connectivity index (χ4n) is 12.3.